The molecule has 5 nitrogen and oxygen atoms in total. The highest BCUT2D eigenvalue weighted by molar-refractivity contribution is 7.91. The number of nitrogens with one attached hydrogen (secondary N) is 2. The van der Waals surface area contributed by atoms with Crippen LogP contribution in [0, 0.1) is 5.92 Å². The van der Waals surface area contributed by atoms with Crippen LogP contribution < -0.4 is 10.6 Å². The first-order chi connectivity index (χ1) is 9.05. The van der Waals surface area contributed by atoms with Gasteiger partial charge >= 0.3 is 6.03 Å². The van der Waals surface area contributed by atoms with E-state index in [1.165, 1.54) is 25.7 Å². The lowest BCUT2D eigenvalue weighted by atomic mass is 10.1. The van der Waals surface area contributed by atoms with Crippen LogP contribution in [0.5, 0.6) is 0 Å². The molecule has 0 aromatic rings. The zero-order chi connectivity index (χ0) is 13.7. The molecule has 6 heteroatoms. The molecule has 19 heavy (non-hydrogen) atoms. The standard InChI is InChI=1S/C13H24N2O3S/c16-13(15-12-5-3-1-2-4-6-12)14-9-11-7-8-19(17,18)10-11/h11-12H,1-10H2,(H2,14,15,16). The number of hydrogen-bond acceptors (Lipinski definition) is 3. The van der Waals surface area contributed by atoms with Gasteiger partial charge in [0.25, 0.3) is 0 Å². The summed E-state index contributed by atoms with van der Waals surface area (Å²) in [6, 6.07) is 0.144. The van der Waals surface area contributed by atoms with Gasteiger partial charge < -0.3 is 10.6 Å². The number of urea groups is 1. The zero-order valence-electron chi connectivity index (χ0n) is 11.4. The number of hydrogen-bond donors (Lipinski definition) is 2. The Hall–Kier alpha value is -0.780. The Labute approximate surface area is 115 Å². The number of rotatable bonds is 3. The third-order valence-corrected chi connectivity index (χ3v) is 5.91. The number of amides is 2. The molecule has 0 bridgehead atoms. The monoisotopic (exact) mass is 288 g/mol. The molecule has 0 spiro atoms. The molecule has 2 N–H and O–H groups in total. The minimum absolute atomic E-state index is 0.0879. The van der Waals surface area contributed by atoms with E-state index in [1.807, 2.05) is 0 Å². The predicted molar refractivity (Wildman–Crippen MR) is 74.8 cm³/mol. The van der Waals surface area contributed by atoms with Gasteiger partial charge in [-0.2, -0.15) is 0 Å². The summed E-state index contributed by atoms with van der Waals surface area (Å²) in [5, 5.41) is 5.82. The Morgan fingerprint density at radius 3 is 2.32 bits per heavy atom. The molecule has 1 saturated carbocycles. The fourth-order valence-electron chi connectivity index (χ4n) is 2.93. The van der Waals surface area contributed by atoms with Gasteiger partial charge in [-0.15, -0.1) is 0 Å². The quantitative estimate of drug-likeness (QED) is 0.772. The largest absolute Gasteiger partial charge is 0.338 e. The zero-order valence-corrected chi connectivity index (χ0v) is 12.2. The summed E-state index contributed by atoms with van der Waals surface area (Å²) in [7, 11) is -2.85. The average Bonchev–Trinajstić information content (AvgIpc) is 2.55. The Morgan fingerprint density at radius 2 is 1.74 bits per heavy atom. The number of carbonyl (C=O) groups excluding carboxylic acids is 1. The van der Waals surface area contributed by atoms with Crippen LogP contribution in [0.4, 0.5) is 4.79 Å². The van der Waals surface area contributed by atoms with Gasteiger partial charge in [-0.1, -0.05) is 25.7 Å². The molecule has 2 rings (SSSR count). The van der Waals surface area contributed by atoms with E-state index in [0.29, 0.717) is 13.0 Å². The maximum atomic E-state index is 11.8. The van der Waals surface area contributed by atoms with Crippen molar-refractivity contribution in [1.82, 2.24) is 10.6 Å². The van der Waals surface area contributed by atoms with E-state index in [2.05, 4.69) is 10.6 Å². The first-order valence-electron chi connectivity index (χ1n) is 7.30. The summed E-state index contributed by atoms with van der Waals surface area (Å²) in [5.74, 6) is 0.574. The number of sulfone groups is 1. The second-order valence-corrected chi connectivity index (χ2v) is 8.04. The minimum atomic E-state index is -2.85. The highest BCUT2D eigenvalue weighted by atomic mass is 32.2. The van der Waals surface area contributed by atoms with Crippen molar-refractivity contribution in [3.05, 3.63) is 0 Å². The molecule has 2 amide bonds. The average molecular weight is 288 g/mol. The van der Waals surface area contributed by atoms with E-state index in [4.69, 9.17) is 0 Å². The Balaban J connectivity index is 1.67. The molecule has 1 aliphatic heterocycles. The normalized spacial score (nSPS) is 27.7. The van der Waals surface area contributed by atoms with E-state index in [-0.39, 0.29) is 29.5 Å². The van der Waals surface area contributed by atoms with Crippen molar-refractivity contribution in [2.75, 3.05) is 18.1 Å². The van der Waals surface area contributed by atoms with E-state index >= 15 is 0 Å². The van der Waals surface area contributed by atoms with Gasteiger partial charge in [-0.3, -0.25) is 0 Å². The van der Waals surface area contributed by atoms with E-state index in [0.717, 1.165) is 12.8 Å². The molecule has 1 unspecified atom stereocenters. The first-order valence-corrected chi connectivity index (χ1v) is 9.12. The third-order valence-electron chi connectivity index (χ3n) is 4.07. The Bertz CT molecular complexity index is 400. The fourth-order valence-corrected chi connectivity index (χ4v) is 4.79. The molecule has 2 aliphatic rings. The van der Waals surface area contributed by atoms with Crippen molar-refractivity contribution >= 4 is 15.9 Å². The Morgan fingerprint density at radius 1 is 1.05 bits per heavy atom. The van der Waals surface area contributed by atoms with Crippen LogP contribution in [0.25, 0.3) is 0 Å². The lowest BCUT2D eigenvalue weighted by molar-refractivity contribution is 0.234. The van der Waals surface area contributed by atoms with Crippen molar-refractivity contribution in [3.8, 4) is 0 Å². The van der Waals surface area contributed by atoms with Gasteiger partial charge in [0.1, 0.15) is 0 Å². The molecule has 1 saturated heterocycles. The molecule has 0 aromatic carbocycles. The molecule has 0 aromatic heterocycles. The van der Waals surface area contributed by atoms with Crippen LogP contribution in [-0.2, 0) is 9.84 Å². The maximum Gasteiger partial charge on any atom is 0.315 e. The van der Waals surface area contributed by atoms with Crippen LogP contribution in [0.3, 0.4) is 0 Å². The summed E-state index contributed by atoms with van der Waals surface area (Å²) >= 11 is 0. The maximum absolute atomic E-state index is 11.8. The summed E-state index contributed by atoms with van der Waals surface area (Å²) in [4.78, 5) is 11.8. The van der Waals surface area contributed by atoms with Gasteiger partial charge in [0, 0.05) is 12.6 Å². The second kappa shape index (κ2) is 6.59. The minimum Gasteiger partial charge on any atom is -0.338 e. The van der Waals surface area contributed by atoms with Crippen molar-refractivity contribution in [3.63, 3.8) is 0 Å². The molecule has 2 fully saturated rings. The predicted octanol–water partition coefficient (Wildman–Crippen LogP) is 1.44. The summed E-state index contributed by atoms with van der Waals surface area (Å²) in [6.45, 7) is 0.470. The molecule has 1 aliphatic carbocycles. The van der Waals surface area contributed by atoms with Crippen LogP contribution in [0.2, 0.25) is 0 Å². The van der Waals surface area contributed by atoms with Crippen molar-refractivity contribution in [2.45, 2.75) is 51.0 Å². The summed E-state index contributed by atoms with van der Waals surface area (Å²) < 4.78 is 22.6. The van der Waals surface area contributed by atoms with Gasteiger partial charge in [0.05, 0.1) is 11.5 Å². The van der Waals surface area contributed by atoms with Gasteiger partial charge in [-0.25, -0.2) is 13.2 Å². The van der Waals surface area contributed by atoms with Crippen LogP contribution >= 0.6 is 0 Å². The van der Waals surface area contributed by atoms with Crippen molar-refractivity contribution < 1.29 is 13.2 Å². The smallest absolute Gasteiger partial charge is 0.315 e. The molecule has 1 atom stereocenters. The van der Waals surface area contributed by atoms with Crippen molar-refractivity contribution in [2.24, 2.45) is 5.92 Å². The second-order valence-electron chi connectivity index (χ2n) is 5.81. The van der Waals surface area contributed by atoms with Gasteiger partial charge in [-0.05, 0) is 25.2 Å². The molecule has 110 valence electrons. The van der Waals surface area contributed by atoms with E-state index in [1.54, 1.807) is 0 Å². The fraction of sp³-hybridized carbons (Fsp3) is 0.923. The highest BCUT2D eigenvalue weighted by Crippen LogP contribution is 2.18. The molecule has 1 heterocycles. The van der Waals surface area contributed by atoms with Crippen LogP contribution in [0.1, 0.15) is 44.9 Å². The third kappa shape index (κ3) is 5.01. The first kappa shape index (κ1) is 14.6. The van der Waals surface area contributed by atoms with E-state index in [9.17, 15) is 13.2 Å². The highest BCUT2D eigenvalue weighted by Gasteiger charge is 2.28. The summed E-state index contributed by atoms with van der Waals surface area (Å²) in [6.07, 6.45) is 7.69. The lowest BCUT2D eigenvalue weighted by Crippen LogP contribution is -2.43. The topological polar surface area (TPSA) is 75.3 Å². The SMILES string of the molecule is O=C(NCC1CCS(=O)(=O)C1)NC1CCCCCC1. The van der Waals surface area contributed by atoms with Crippen molar-refractivity contribution in [1.29, 1.82) is 0 Å². The van der Waals surface area contributed by atoms with Crippen LogP contribution in [0.15, 0.2) is 0 Å². The molecular formula is C13H24N2O3S. The van der Waals surface area contributed by atoms with Gasteiger partial charge in [0.15, 0.2) is 9.84 Å². The van der Waals surface area contributed by atoms with E-state index < -0.39 is 9.84 Å². The van der Waals surface area contributed by atoms with Crippen LogP contribution in [-0.4, -0.2) is 38.5 Å². The van der Waals surface area contributed by atoms with Gasteiger partial charge in [0.2, 0.25) is 0 Å². The Kier molecular flexibility index (Phi) is 5.07. The molecular weight excluding hydrogens is 264 g/mol. The number of carbonyl (C=O) groups is 1. The lowest BCUT2D eigenvalue weighted by Gasteiger charge is -2.17. The summed E-state index contributed by atoms with van der Waals surface area (Å²) in [5.41, 5.74) is 0. The molecule has 0 radical (unpaired) electrons.